The fourth-order valence-corrected chi connectivity index (χ4v) is 6.69. The minimum absolute atomic E-state index is 0.602. The average Bonchev–Trinajstić information content (AvgIpc) is 2.79. The van der Waals surface area contributed by atoms with Crippen molar-refractivity contribution in [1.29, 1.82) is 0 Å². The van der Waals surface area contributed by atoms with Gasteiger partial charge in [-0.05, 0) is 80.0 Å². The molecule has 106 valence electrons. The minimum atomic E-state index is 0.602. The van der Waals surface area contributed by atoms with Crippen LogP contribution in [0.5, 0.6) is 0 Å². The fourth-order valence-electron chi connectivity index (χ4n) is 6.69. The minimum Gasteiger partial charge on any atom is -0.0845 e. The molecule has 0 aromatic heterocycles. The molecule has 0 aromatic rings. The summed E-state index contributed by atoms with van der Waals surface area (Å²) in [5, 5.41) is 0. The van der Waals surface area contributed by atoms with Crippen LogP contribution in [0, 0.1) is 28.6 Å². The second-order valence-corrected chi connectivity index (χ2v) is 8.55. The van der Waals surface area contributed by atoms with E-state index >= 15 is 0 Å². The van der Waals surface area contributed by atoms with Gasteiger partial charge in [-0.3, -0.25) is 0 Å². The molecule has 0 radical (unpaired) electrons. The summed E-state index contributed by atoms with van der Waals surface area (Å²) in [6.07, 6.45) is 17.6. The van der Waals surface area contributed by atoms with Crippen LogP contribution in [-0.4, -0.2) is 0 Å². The second kappa shape index (κ2) is 4.12. The summed E-state index contributed by atoms with van der Waals surface area (Å²) >= 11 is 0. The van der Waals surface area contributed by atoms with E-state index < -0.39 is 0 Å². The van der Waals surface area contributed by atoms with Crippen LogP contribution in [0.4, 0.5) is 0 Å². The zero-order valence-electron chi connectivity index (χ0n) is 12.9. The van der Waals surface area contributed by atoms with Gasteiger partial charge >= 0.3 is 0 Å². The Balaban J connectivity index is 1.70. The van der Waals surface area contributed by atoms with E-state index in [9.17, 15) is 0 Å². The van der Waals surface area contributed by atoms with Crippen molar-refractivity contribution in [3.63, 3.8) is 0 Å². The largest absolute Gasteiger partial charge is 0.0845 e. The second-order valence-electron chi connectivity index (χ2n) is 8.55. The third-order valence-corrected chi connectivity index (χ3v) is 7.80. The van der Waals surface area contributed by atoms with E-state index in [-0.39, 0.29) is 0 Å². The maximum atomic E-state index is 2.70. The molecule has 0 spiro atoms. The van der Waals surface area contributed by atoms with Crippen LogP contribution in [0.25, 0.3) is 0 Å². The van der Waals surface area contributed by atoms with Crippen molar-refractivity contribution in [2.24, 2.45) is 28.6 Å². The summed E-state index contributed by atoms with van der Waals surface area (Å²) in [5.41, 5.74) is 3.18. The maximum Gasteiger partial charge on any atom is -0.00853 e. The van der Waals surface area contributed by atoms with E-state index in [0.29, 0.717) is 5.41 Å². The molecule has 4 aliphatic carbocycles. The summed E-state index contributed by atoms with van der Waals surface area (Å²) in [6.45, 7) is 5.25. The fraction of sp³-hybridized carbons (Fsp3) is 0.895. The Morgan fingerprint density at radius 1 is 0.947 bits per heavy atom. The van der Waals surface area contributed by atoms with Gasteiger partial charge in [0.15, 0.2) is 0 Å². The highest BCUT2D eigenvalue weighted by Crippen LogP contribution is 2.64. The molecule has 0 saturated heterocycles. The average molecular weight is 258 g/mol. The number of hydrogen-bond donors (Lipinski definition) is 0. The van der Waals surface area contributed by atoms with Gasteiger partial charge < -0.3 is 0 Å². The van der Waals surface area contributed by atoms with Crippen molar-refractivity contribution in [2.75, 3.05) is 0 Å². The summed E-state index contributed by atoms with van der Waals surface area (Å²) in [4.78, 5) is 0. The first-order valence-electron chi connectivity index (χ1n) is 8.83. The molecule has 19 heavy (non-hydrogen) atoms. The molecular weight excluding hydrogens is 228 g/mol. The lowest BCUT2D eigenvalue weighted by atomic mass is 9.48. The number of fused-ring (bicyclic) bond motifs is 5. The van der Waals surface area contributed by atoms with E-state index in [1.54, 1.807) is 0 Å². The summed E-state index contributed by atoms with van der Waals surface area (Å²) in [7, 11) is 0. The maximum absolute atomic E-state index is 2.70. The van der Waals surface area contributed by atoms with E-state index in [4.69, 9.17) is 0 Å². The molecule has 0 nitrogen and oxygen atoms in total. The Kier molecular flexibility index (Phi) is 2.71. The smallest absolute Gasteiger partial charge is 0.00853 e. The third-order valence-electron chi connectivity index (χ3n) is 7.80. The quantitative estimate of drug-likeness (QED) is 0.487. The van der Waals surface area contributed by atoms with Crippen LogP contribution < -0.4 is 0 Å². The molecule has 0 aliphatic heterocycles. The van der Waals surface area contributed by atoms with Crippen LogP contribution in [-0.2, 0) is 0 Å². The molecule has 3 saturated carbocycles. The van der Waals surface area contributed by atoms with Crippen LogP contribution in [0.3, 0.4) is 0 Å². The zero-order valence-corrected chi connectivity index (χ0v) is 12.9. The predicted molar refractivity (Wildman–Crippen MR) is 80.9 cm³/mol. The first-order valence-corrected chi connectivity index (χ1v) is 8.83. The highest BCUT2D eigenvalue weighted by atomic mass is 14.6. The van der Waals surface area contributed by atoms with Gasteiger partial charge in [-0.15, -0.1) is 0 Å². The first-order chi connectivity index (χ1) is 9.13. The van der Waals surface area contributed by atoms with E-state index in [2.05, 4.69) is 19.9 Å². The Hall–Kier alpha value is -0.260. The van der Waals surface area contributed by atoms with Gasteiger partial charge in [0, 0.05) is 0 Å². The van der Waals surface area contributed by atoms with E-state index in [1.165, 1.54) is 64.2 Å². The molecule has 0 heterocycles. The van der Waals surface area contributed by atoms with Crippen LogP contribution >= 0.6 is 0 Å². The van der Waals surface area contributed by atoms with Gasteiger partial charge in [-0.1, -0.05) is 38.3 Å². The Bertz CT molecular complexity index is 406. The van der Waals surface area contributed by atoms with Crippen LogP contribution in [0.15, 0.2) is 11.6 Å². The van der Waals surface area contributed by atoms with Gasteiger partial charge in [0.2, 0.25) is 0 Å². The number of hydrogen-bond acceptors (Lipinski definition) is 0. The van der Waals surface area contributed by atoms with Crippen LogP contribution in [0.1, 0.15) is 78.1 Å². The summed E-state index contributed by atoms with van der Waals surface area (Å²) in [6, 6.07) is 0. The standard InChI is InChI=1S/C19H30/c1-18-11-5-7-16(18)15-9-8-14-6-3-4-12-19(14,2)17(15)10-13-18/h8,15-17H,3-7,9-13H2,1-2H3/t15-,16-,17-,18-,19+/m1/s1. The van der Waals surface area contributed by atoms with Crippen molar-refractivity contribution in [1.82, 2.24) is 0 Å². The predicted octanol–water partition coefficient (Wildman–Crippen LogP) is 5.73. The van der Waals surface area contributed by atoms with E-state index in [1.807, 2.05) is 5.57 Å². The highest BCUT2D eigenvalue weighted by Gasteiger charge is 2.54. The molecule has 0 heteroatoms. The zero-order chi connectivity index (χ0) is 13.1. The molecule has 5 atom stereocenters. The van der Waals surface area contributed by atoms with Crippen molar-refractivity contribution < 1.29 is 0 Å². The van der Waals surface area contributed by atoms with Crippen molar-refractivity contribution in [3.05, 3.63) is 11.6 Å². The van der Waals surface area contributed by atoms with Gasteiger partial charge in [-0.2, -0.15) is 0 Å². The van der Waals surface area contributed by atoms with Gasteiger partial charge in [0.25, 0.3) is 0 Å². The van der Waals surface area contributed by atoms with Crippen molar-refractivity contribution in [2.45, 2.75) is 78.1 Å². The van der Waals surface area contributed by atoms with Gasteiger partial charge in [0.05, 0.1) is 0 Å². The van der Waals surface area contributed by atoms with Gasteiger partial charge in [-0.25, -0.2) is 0 Å². The van der Waals surface area contributed by atoms with Crippen molar-refractivity contribution in [3.8, 4) is 0 Å². The lowest BCUT2D eigenvalue weighted by Crippen LogP contribution is -2.48. The molecule has 4 aliphatic rings. The molecule has 0 amide bonds. The monoisotopic (exact) mass is 258 g/mol. The lowest BCUT2D eigenvalue weighted by Gasteiger charge is -2.56. The Morgan fingerprint density at radius 2 is 1.84 bits per heavy atom. The molecule has 4 rings (SSSR count). The number of rotatable bonds is 0. The first kappa shape index (κ1) is 12.5. The van der Waals surface area contributed by atoms with E-state index in [0.717, 1.165) is 23.2 Å². The molecule has 0 unspecified atom stereocenters. The molecule has 0 bridgehead atoms. The van der Waals surface area contributed by atoms with Crippen molar-refractivity contribution >= 4 is 0 Å². The summed E-state index contributed by atoms with van der Waals surface area (Å²) in [5.74, 6) is 3.12. The number of allylic oxidation sites excluding steroid dienone is 2. The molecule has 0 aromatic carbocycles. The Labute approximate surface area is 119 Å². The Morgan fingerprint density at radius 3 is 2.74 bits per heavy atom. The SMILES string of the molecule is C[C@]12CCC[C@@H]1[C@H]1CC=C3CCCC[C@]3(C)[C@@H]1CC2. The highest BCUT2D eigenvalue weighted by molar-refractivity contribution is 5.23. The third kappa shape index (κ3) is 1.64. The topological polar surface area (TPSA) is 0 Å². The van der Waals surface area contributed by atoms with Crippen LogP contribution in [0.2, 0.25) is 0 Å². The molecule has 3 fully saturated rings. The summed E-state index contributed by atoms with van der Waals surface area (Å²) < 4.78 is 0. The molecule has 0 N–H and O–H groups in total. The lowest BCUT2D eigenvalue weighted by molar-refractivity contribution is -0.0248. The van der Waals surface area contributed by atoms with Gasteiger partial charge in [0.1, 0.15) is 0 Å². The normalized spacial score (nSPS) is 52.9. The molecular formula is C19H30.